The van der Waals surface area contributed by atoms with Crippen LogP contribution in [-0.2, 0) is 12.8 Å². The summed E-state index contributed by atoms with van der Waals surface area (Å²) >= 11 is 1.62. The molecule has 1 aromatic carbocycles. The van der Waals surface area contributed by atoms with Gasteiger partial charge in [0.15, 0.2) is 18.1 Å². The molecule has 2 aromatic heterocycles. The standard InChI is InChI=1S/C20H17N3O3S/c1-25-15-11-12(5-7-14(15)26-10-9-21)6-8-17-22-19(24)18-13-3-2-4-16(13)27-20(18)23-17/h5-8,11H,2-4,10H2,1H3,(H,22,23,24)/b8-6+. The van der Waals surface area contributed by atoms with Crippen molar-refractivity contribution in [2.24, 2.45) is 0 Å². The van der Waals surface area contributed by atoms with Gasteiger partial charge in [0.1, 0.15) is 16.7 Å². The number of nitrogens with one attached hydrogen (secondary N) is 1. The van der Waals surface area contributed by atoms with Gasteiger partial charge in [-0.3, -0.25) is 4.79 Å². The molecule has 2 heterocycles. The van der Waals surface area contributed by atoms with E-state index in [0.29, 0.717) is 17.3 Å². The maximum Gasteiger partial charge on any atom is 0.260 e. The van der Waals surface area contributed by atoms with Gasteiger partial charge < -0.3 is 14.5 Å². The predicted octanol–water partition coefficient (Wildman–Crippen LogP) is 3.55. The number of benzene rings is 1. The van der Waals surface area contributed by atoms with Crippen LogP contribution in [0.2, 0.25) is 0 Å². The monoisotopic (exact) mass is 379 g/mol. The van der Waals surface area contributed by atoms with Gasteiger partial charge in [0, 0.05) is 4.88 Å². The zero-order valence-electron chi connectivity index (χ0n) is 14.7. The average Bonchev–Trinajstić information content (AvgIpc) is 3.25. The van der Waals surface area contributed by atoms with E-state index in [1.54, 1.807) is 36.7 Å². The highest BCUT2D eigenvalue weighted by molar-refractivity contribution is 7.18. The molecule has 0 radical (unpaired) electrons. The van der Waals surface area contributed by atoms with Crippen molar-refractivity contribution in [3.63, 3.8) is 0 Å². The molecule has 0 unspecified atom stereocenters. The number of hydrogen-bond donors (Lipinski definition) is 1. The van der Waals surface area contributed by atoms with Crippen LogP contribution in [0.25, 0.3) is 22.4 Å². The van der Waals surface area contributed by atoms with E-state index in [4.69, 9.17) is 14.7 Å². The van der Waals surface area contributed by atoms with Gasteiger partial charge in [0.05, 0.1) is 12.5 Å². The molecular weight excluding hydrogens is 362 g/mol. The molecule has 0 atom stereocenters. The molecule has 0 bridgehead atoms. The van der Waals surface area contributed by atoms with Crippen molar-refractivity contribution in [2.75, 3.05) is 13.7 Å². The Morgan fingerprint density at radius 2 is 2.22 bits per heavy atom. The quantitative estimate of drug-likeness (QED) is 0.732. The molecule has 136 valence electrons. The van der Waals surface area contributed by atoms with E-state index in [1.165, 1.54) is 10.4 Å². The second kappa shape index (κ2) is 7.25. The Morgan fingerprint density at radius 1 is 1.33 bits per heavy atom. The lowest BCUT2D eigenvalue weighted by molar-refractivity contribution is 0.329. The van der Waals surface area contributed by atoms with E-state index in [2.05, 4.69) is 9.97 Å². The zero-order chi connectivity index (χ0) is 18.8. The molecule has 1 aliphatic carbocycles. The van der Waals surface area contributed by atoms with Crippen LogP contribution in [0.15, 0.2) is 23.0 Å². The van der Waals surface area contributed by atoms with Crippen molar-refractivity contribution in [2.45, 2.75) is 19.3 Å². The van der Waals surface area contributed by atoms with Gasteiger partial charge in [0.25, 0.3) is 5.56 Å². The highest BCUT2D eigenvalue weighted by Crippen LogP contribution is 2.34. The lowest BCUT2D eigenvalue weighted by Gasteiger charge is -2.08. The van der Waals surface area contributed by atoms with E-state index in [9.17, 15) is 4.79 Å². The smallest absolute Gasteiger partial charge is 0.260 e. The van der Waals surface area contributed by atoms with Crippen LogP contribution >= 0.6 is 11.3 Å². The first-order chi connectivity index (χ1) is 13.2. The summed E-state index contributed by atoms with van der Waals surface area (Å²) in [4.78, 5) is 22.1. The third kappa shape index (κ3) is 3.32. The fraction of sp³-hybridized carbons (Fsp3) is 0.250. The van der Waals surface area contributed by atoms with E-state index in [0.717, 1.165) is 35.0 Å². The number of hydrogen-bond acceptors (Lipinski definition) is 6. The maximum absolute atomic E-state index is 12.5. The van der Waals surface area contributed by atoms with Crippen LogP contribution in [0.5, 0.6) is 11.5 Å². The summed E-state index contributed by atoms with van der Waals surface area (Å²) in [7, 11) is 1.55. The molecule has 0 saturated carbocycles. The van der Waals surface area contributed by atoms with Crippen molar-refractivity contribution >= 4 is 33.7 Å². The van der Waals surface area contributed by atoms with E-state index < -0.39 is 0 Å². The van der Waals surface area contributed by atoms with Crippen LogP contribution in [0.1, 0.15) is 28.2 Å². The molecule has 1 aliphatic rings. The Hall–Kier alpha value is -3.11. The Labute approximate surface area is 159 Å². The van der Waals surface area contributed by atoms with E-state index >= 15 is 0 Å². The Bertz CT molecular complexity index is 1140. The van der Waals surface area contributed by atoms with E-state index in [-0.39, 0.29) is 12.2 Å². The summed E-state index contributed by atoms with van der Waals surface area (Å²) in [5.74, 6) is 1.58. The Kier molecular flexibility index (Phi) is 4.65. The third-order valence-electron chi connectivity index (χ3n) is 4.51. The van der Waals surface area contributed by atoms with Crippen molar-refractivity contribution in [1.82, 2.24) is 9.97 Å². The fourth-order valence-corrected chi connectivity index (χ4v) is 4.56. The van der Waals surface area contributed by atoms with Gasteiger partial charge in [-0.15, -0.1) is 11.3 Å². The second-order valence-electron chi connectivity index (χ2n) is 6.18. The summed E-state index contributed by atoms with van der Waals surface area (Å²) < 4.78 is 10.6. The first-order valence-electron chi connectivity index (χ1n) is 8.60. The minimum atomic E-state index is -0.0723. The van der Waals surface area contributed by atoms with Gasteiger partial charge in [-0.1, -0.05) is 12.1 Å². The van der Waals surface area contributed by atoms with Crippen LogP contribution in [0, 0.1) is 11.3 Å². The van der Waals surface area contributed by atoms with Gasteiger partial charge >= 0.3 is 0 Å². The molecule has 0 saturated heterocycles. The maximum atomic E-state index is 12.5. The summed E-state index contributed by atoms with van der Waals surface area (Å²) in [5.41, 5.74) is 1.97. The number of thiophene rings is 1. The number of aromatic nitrogens is 2. The summed E-state index contributed by atoms with van der Waals surface area (Å²) in [6.45, 7) is -0.0402. The van der Waals surface area contributed by atoms with Gasteiger partial charge in [0.2, 0.25) is 0 Å². The number of methoxy groups -OCH3 is 1. The van der Waals surface area contributed by atoms with Gasteiger partial charge in [-0.25, -0.2) is 4.98 Å². The molecule has 4 rings (SSSR count). The molecule has 6 nitrogen and oxygen atoms in total. The van der Waals surface area contributed by atoms with Crippen molar-refractivity contribution < 1.29 is 9.47 Å². The number of fused-ring (bicyclic) bond motifs is 3. The minimum Gasteiger partial charge on any atom is -0.493 e. The molecule has 0 aliphatic heterocycles. The van der Waals surface area contributed by atoms with Crippen LogP contribution in [-0.4, -0.2) is 23.7 Å². The molecule has 27 heavy (non-hydrogen) atoms. The lowest BCUT2D eigenvalue weighted by atomic mass is 10.2. The zero-order valence-corrected chi connectivity index (χ0v) is 15.6. The summed E-state index contributed by atoms with van der Waals surface area (Å²) in [5, 5.41) is 9.38. The number of aryl methyl sites for hydroxylation is 2. The van der Waals surface area contributed by atoms with Crippen molar-refractivity contribution in [1.29, 1.82) is 5.26 Å². The highest BCUT2D eigenvalue weighted by atomic mass is 32.1. The fourth-order valence-electron chi connectivity index (χ4n) is 3.29. The molecule has 3 aromatic rings. The van der Waals surface area contributed by atoms with Gasteiger partial charge in [-0.2, -0.15) is 5.26 Å². The van der Waals surface area contributed by atoms with Gasteiger partial charge in [-0.05, 0) is 48.6 Å². The first kappa shape index (κ1) is 17.3. The summed E-state index contributed by atoms with van der Waals surface area (Å²) in [6.07, 6.45) is 6.75. The number of ether oxygens (including phenoxy) is 2. The Balaban J connectivity index is 1.63. The lowest BCUT2D eigenvalue weighted by Crippen LogP contribution is -2.09. The third-order valence-corrected chi connectivity index (χ3v) is 5.69. The number of H-pyrrole nitrogens is 1. The van der Waals surface area contributed by atoms with Crippen LogP contribution in [0.3, 0.4) is 0 Å². The molecular formula is C20H17N3O3S. The summed E-state index contributed by atoms with van der Waals surface area (Å²) in [6, 6.07) is 7.33. The molecule has 0 fully saturated rings. The van der Waals surface area contributed by atoms with Crippen LogP contribution < -0.4 is 15.0 Å². The highest BCUT2D eigenvalue weighted by Gasteiger charge is 2.20. The minimum absolute atomic E-state index is 0.0402. The average molecular weight is 379 g/mol. The molecule has 0 amide bonds. The number of nitrogens with zero attached hydrogens (tertiary/aromatic N) is 2. The number of aromatic amines is 1. The molecule has 7 heteroatoms. The Morgan fingerprint density at radius 3 is 3.04 bits per heavy atom. The predicted molar refractivity (Wildman–Crippen MR) is 105 cm³/mol. The topological polar surface area (TPSA) is 88.0 Å². The molecule has 0 spiro atoms. The SMILES string of the molecule is COc1cc(/C=C/c2nc3sc4c(c3c(=O)[nH]2)CCC4)ccc1OCC#N. The van der Waals surface area contributed by atoms with Crippen LogP contribution in [0.4, 0.5) is 0 Å². The normalized spacial score (nSPS) is 13.0. The molecule has 1 N–H and O–H groups in total. The van der Waals surface area contributed by atoms with Crippen molar-refractivity contribution in [3.8, 4) is 17.6 Å². The first-order valence-corrected chi connectivity index (χ1v) is 9.41. The van der Waals surface area contributed by atoms with E-state index in [1.807, 2.05) is 18.2 Å². The number of nitriles is 1. The second-order valence-corrected chi connectivity index (χ2v) is 7.26. The largest absolute Gasteiger partial charge is 0.493 e. The van der Waals surface area contributed by atoms with Crippen molar-refractivity contribution in [3.05, 3.63) is 50.4 Å². The number of rotatable bonds is 5.